The molecule has 3 N–H and O–H groups in total. The van der Waals surface area contributed by atoms with Crippen molar-refractivity contribution in [1.82, 2.24) is 16.2 Å². The molecule has 2 atom stereocenters. The standard InChI is InChI=1S/C20H22FN3O3/c1-3-13(2)17(22-18(25)14-9-5-4-6-10-14)20(27)24-23-19(26)15-11-7-8-12-16(15)21/h4-13,17H,3H2,1-2H3,(H,22,25)(H,23,26)(H,24,27)/t13-,17-/m0/s1. The van der Waals surface area contributed by atoms with Crippen LogP contribution in [-0.4, -0.2) is 23.8 Å². The van der Waals surface area contributed by atoms with Crippen molar-refractivity contribution in [1.29, 1.82) is 0 Å². The molecule has 7 heteroatoms. The molecule has 0 heterocycles. The first-order valence-corrected chi connectivity index (χ1v) is 8.64. The van der Waals surface area contributed by atoms with Crippen molar-refractivity contribution in [2.24, 2.45) is 5.92 Å². The fraction of sp³-hybridized carbons (Fsp3) is 0.250. The molecule has 0 bridgehead atoms. The zero-order valence-corrected chi connectivity index (χ0v) is 15.2. The highest BCUT2D eigenvalue weighted by Crippen LogP contribution is 2.10. The number of carbonyl (C=O) groups excluding carboxylic acids is 3. The average Bonchev–Trinajstić information content (AvgIpc) is 2.70. The molecule has 27 heavy (non-hydrogen) atoms. The SMILES string of the molecule is CC[C@H](C)[C@H](NC(=O)c1ccccc1)C(=O)NNC(=O)c1ccccc1F. The van der Waals surface area contributed by atoms with Gasteiger partial charge >= 0.3 is 0 Å². The molecule has 0 unspecified atom stereocenters. The minimum Gasteiger partial charge on any atom is -0.340 e. The Balaban J connectivity index is 2.03. The summed E-state index contributed by atoms with van der Waals surface area (Å²) in [5, 5.41) is 2.68. The number of hydrogen-bond donors (Lipinski definition) is 3. The molecule has 0 spiro atoms. The summed E-state index contributed by atoms with van der Waals surface area (Å²) in [6.07, 6.45) is 0.633. The van der Waals surface area contributed by atoms with Crippen LogP contribution in [0.2, 0.25) is 0 Å². The lowest BCUT2D eigenvalue weighted by atomic mass is 9.98. The van der Waals surface area contributed by atoms with Gasteiger partial charge in [-0.2, -0.15) is 0 Å². The van der Waals surface area contributed by atoms with Crippen molar-refractivity contribution < 1.29 is 18.8 Å². The molecular weight excluding hydrogens is 349 g/mol. The van der Waals surface area contributed by atoms with E-state index in [2.05, 4.69) is 16.2 Å². The Hall–Kier alpha value is -3.22. The largest absolute Gasteiger partial charge is 0.340 e. The first kappa shape index (κ1) is 20.1. The van der Waals surface area contributed by atoms with Crippen molar-refractivity contribution in [3.05, 3.63) is 71.5 Å². The molecule has 0 saturated heterocycles. The third kappa shape index (κ3) is 5.37. The number of amides is 3. The minimum atomic E-state index is -0.858. The zero-order valence-electron chi connectivity index (χ0n) is 15.2. The van der Waals surface area contributed by atoms with Gasteiger partial charge in [0.05, 0.1) is 5.56 Å². The van der Waals surface area contributed by atoms with E-state index >= 15 is 0 Å². The Kier molecular flexibility index (Phi) is 7.05. The highest BCUT2D eigenvalue weighted by molar-refractivity contribution is 5.99. The van der Waals surface area contributed by atoms with Gasteiger partial charge in [-0.25, -0.2) is 4.39 Å². The maximum atomic E-state index is 13.6. The van der Waals surface area contributed by atoms with Gasteiger partial charge in [0.25, 0.3) is 17.7 Å². The van der Waals surface area contributed by atoms with Gasteiger partial charge in [-0.15, -0.1) is 0 Å². The van der Waals surface area contributed by atoms with Gasteiger partial charge in [-0.05, 0) is 30.2 Å². The molecule has 2 rings (SSSR count). The van der Waals surface area contributed by atoms with E-state index < -0.39 is 29.6 Å². The number of carbonyl (C=O) groups is 3. The van der Waals surface area contributed by atoms with Crippen molar-refractivity contribution in [3.63, 3.8) is 0 Å². The summed E-state index contributed by atoms with van der Waals surface area (Å²) in [5.41, 5.74) is 4.68. The third-order valence-electron chi connectivity index (χ3n) is 4.24. The predicted molar refractivity (Wildman–Crippen MR) is 99.2 cm³/mol. The molecule has 6 nitrogen and oxygen atoms in total. The van der Waals surface area contributed by atoms with Crippen LogP contribution in [0.1, 0.15) is 41.0 Å². The molecule has 2 aromatic carbocycles. The van der Waals surface area contributed by atoms with Crippen molar-refractivity contribution in [2.45, 2.75) is 26.3 Å². The van der Waals surface area contributed by atoms with E-state index in [-0.39, 0.29) is 11.5 Å². The second-order valence-electron chi connectivity index (χ2n) is 6.13. The fourth-order valence-corrected chi connectivity index (χ4v) is 2.42. The van der Waals surface area contributed by atoms with Crippen LogP contribution in [0.3, 0.4) is 0 Å². The number of nitrogens with one attached hydrogen (secondary N) is 3. The lowest BCUT2D eigenvalue weighted by Crippen LogP contribution is -2.54. The van der Waals surface area contributed by atoms with Gasteiger partial charge in [0, 0.05) is 5.56 Å². The van der Waals surface area contributed by atoms with Crippen LogP contribution >= 0.6 is 0 Å². The second-order valence-corrected chi connectivity index (χ2v) is 6.13. The normalized spacial score (nSPS) is 12.6. The van der Waals surface area contributed by atoms with Gasteiger partial charge in [0.1, 0.15) is 11.9 Å². The molecule has 0 aliphatic heterocycles. The highest BCUT2D eigenvalue weighted by Gasteiger charge is 2.27. The predicted octanol–water partition coefficient (Wildman–Crippen LogP) is 2.43. The van der Waals surface area contributed by atoms with Gasteiger partial charge < -0.3 is 5.32 Å². The quantitative estimate of drug-likeness (QED) is 0.682. The first-order chi connectivity index (χ1) is 12.9. The van der Waals surface area contributed by atoms with Crippen LogP contribution in [0, 0.1) is 11.7 Å². The second kappa shape index (κ2) is 9.47. The average molecular weight is 371 g/mol. The summed E-state index contributed by atoms with van der Waals surface area (Å²) in [6, 6.07) is 13.1. The van der Waals surface area contributed by atoms with Crippen molar-refractivity contribution in [2.75, 3.05) is 0 Å². The number of benzene rings is 2. The Morgan fingerprint density at radius 3 is 2.19 bits per heavy atom. The summed E-state index contributed by atoms with van der Waals surface area (Å²) in [4.78, 5) is 36.9. The lowest BCUT2D eigenvalue weighted by molar-refractivity contribution is -0.124. The summed E-state index contributed by atoms with van der Waals surface area (Å²) in [7, 11) is 0. The van der Waals surface area contributed by atoms with Gasteiger partial charge in [0.2, 0.25) is 0 Å². The van der Waals surface area contributed by atoms with Gasteiger partial charge in [0.15, 0.2) is 0 Å². The van der Waals surface area contributed by atoms with Crippen LogP contribution in [-0.2, 0) is 4.79 Å². The lowest BCUT2D eigenvalue weighted by Gasteiger charge is -2.23. The molecule has 3 amide bonds. The Labute approximate surface area is 157 Å². The topological polar surface area (TPSA) is 87.3 Å². The van der Waals surface area contributed by atoms with E-state index in [0.29, 0.717) is 12.0 Å². The summed E-state index contributed by atoms with van der Waals surface area (Å²) < 4.78 is 13.6. The molecule has 0 radical (unpaired) electrons. The van der Waals surface area contributed by atoms with Crippen LogP contribution in [0.5, 0.6) is 0 Å². The Morgan fingerprint density at radius 1 is 0.926 bits per heavy atom. The molecule has 2 aromatic rings. The minimum absolute atomic E-state index is 0.178. The molecule has 0 saturated carbocycles. The molecule has 0 aromatic heterocycles. The maximum Gasteiger partial charge on any atom is 0.272 e. The maximum absolute atomic E-state index is 13.6. The van der Waals surface area contributed by atoms with Crippen LogP contribution in [0.15, 0.2) is 54.6 Å². The van der Waals surface area contributed by atoms with Crippen molar-refractivity contribution in [3.8, 4) is 0 Å². The molecule has 0 aliphatic rings. The molecule has 0 aliphatic carbocycles. The molecular formula is C20H22FN3O3. The smallest absolute Gasteiger partial charge is 0.272 e. The first-order valence-electron chi connectivity index (χ1n) is 8.64. The number of hydrazine groups is 1. The summed E-state index contributed by atoms with van der Waals surface area (Å²) in [5.74, 6) is -2.63. The fourth-order valence-electron chi connectivity index (χ4n) is 2.42. The Bertz CT molecular complexity index is 811. The molecule has 142 valence electrons. The van der Waals surface area contributed by atoms with E-state index in [0.717, 1.165) is 6.07 Å². The monoisotopic (exact) mass is 371 g/mol. The van der Waals surface area contributed by atoms with Gasteiger partial charge in [-0.3, -0.25) is 25.2 Å². The van der Waals surface area contributed by atoms with Crippen LogP contribution in [0.25, 0.3) is 0 Å². The summed E-state index contributed by atoms with van der Waals surface area (Å²) in [6.45, 7) is 3.70. The van der Waals surface area contributed by atoms with E-state index in [1.807, 2.05) is 13.8 Å². The Morgan fingerprint density at radius 2 is 1.56 bits per heavy atom. The molecule has 0 fully saturated rings. The van der Waals surface area contributed by atoms with Crippen LogP contribution < -0.4 is 16.2 Å². The zero-order chi connectivity index (χ0) is 19.8. The third-order valence-corrected chi connectivity index (χ3v) is 4.24. The number of halogens is 1. The summed E-state index contributed by atoms with van der Waals surface area (Å²) >= 11 is 0. The number of hydrogen-bond acceptors (Lipinski definition) is 3. The van der Waals surface area contributed by atoms with E-state index in [9.17, 15) is 18.8 Å². The number of rotatable bonds is 6. The van der Waals surface area contributed by atoms with Crippen LogP contribution in [0.4, 0.5) is 4.39 Å². The van der Waals surface area contributed by atoms with E-state index in [4.69, 9.17) is 0 Å². The van der Waals surface area contributed by atoms with Crippen molar-refractivity contribution >= 4 is 17.7 Å². The van der Waals surface area contributed by atoms with E-state index in [1.165, 1.54) is 18.2 Å². The van der Waals surface area contributed by atoms with E-state index in [1.54, 1.807) is 30.3 Å². The highest BCUT2D eigenvalue weighted by atomic mass is 19.1. The van der Waals surface area contributed by atoms with Gasteiger partial charge in [-0.1, -0.05) is 50.6 Å².